The molecule has 0 unspecified atom stereocenters. The minimum absolute atomic E-state index is 0.144. The van der Waals surface area contributed by atoms with Crippen molar-refractivity contribution in [2.24, 2.45) is 0 Å². The summed E-state index contributed by atoms with van der Waals surface area (Å²) in [6.45, 7) is 3.86. The van der Waals surface area contributed by atoms with Crippen LogP contribution in [0.25, 0.3) is 10.9 Å². The normalized spacial score (nSPS) is 11.5. The fourth-order valence-electron chi connectivity index (χ4n) is 1.55. The molecular formula is C10H10F2N2. The zero-order valence-electron chi connectivity index (χ0n) is 7.94. The van der Waals surface area contributed by atoms with Gasteiger partial charge < -0.3 is 0 Å². The van der Waals surface area contributed by atoms with E-state index >= 15 is 0 Å². The molecule has 0 radical (unpaired) electrons. The van der Waals surface area contributed by atoms with Gasteiger partial charge in [-0.25, -0.2) is 8.78 Å². The van der Waals surface area contributed by atoms with E-state index in [1.807, 2.05) is 13.8 Å². The van der Waals surface area contributed by atoms with Crippen molar-refractivity contribution in [1.29, 1.82) is 0 Å². The molecule has 0 atom stereocenters. The Morgan fingerprint density at radius 2 is 2.07 bits per heavy atom. The van der Waals surface area contributed by atoms with E-state index < -0.39 is 11.6 Å². The predicted octanol–water partition coefficient (Wildman–Crippen LogP) is 2.96. The van der Waals surface area contributed by atoms with Gasteiger partial charge in [-0.1, -0.05) is 13.8 Å². The third-order valence-electron chi connectivity index (χ3n) is 2.28. The molecule has 0 aliphatic carbocycles. The molecule has 2 rings (SSSR count). The molecule has 14 heavy (non-hydrogen) atoms. The highest BCUT2D eigenvalue weighted by Gasteiger charge is 2.15. The Bertz CT molecular complexity index is 474. The number of aromatic nitrogens is 2. The summed E-state index contributed by atoms with van der Waals surface area (Å²) in [5.74, 6) is -1.54. The van der Waals surface area contributed by atoms with Crippen molar-refractivity contribution in [1.82, 2.24) is 10.2 Å². The summed E-state index contributed by atoms with van der Waals surface area (Å²) >= 11 is 0. The first-order valence-electron chi connectivity index (χ1n) is 4.42. The lowest BCUT2D eigenvalue weighted by Gasteiger charge is -2.07. The molecule has 0 aliphatic heterocycles. The lowest BCUT2D eigenvalue weighted by atomic mass is 9.99. The molecule has 2 nitrogen and oxygen atoms in total. The lowest BCUT2D eigenvalue weighted by Crippen LogP contribution is -1.94. The molecule has 0 bridgehead atoms. The van der Waals surface area contributed by atoms with Crippen molar-refractivity contribution in [3.8, 4) is 0 Å². The third-order valence-corrected chi connectivity index (χ3v) is 2.28. The van der Waals surface area contributed by atoms with Gasteiger partial charge in [0.1, 0.15) is 5.52 Å². The van der Waals surface area contributed by atoms with Crippen LogP contribution in [0.1, 0.15) is 25.3 Å². The zero-order valence-corrected chi connectivity index (χ0v) is 7.94. The van der Waals surface area contributed by atoms with Gasteiger partial charge >= 0.3 is 0 Å². The summed E-state index contributed by atoms with van der Waals surface area (Å²) in [7, 11) is 0. The van der Waals surface area contributed by atoms with Crippen LogP contribution < -0.4 is 0 Å². The molecule has 0 spiro atoms. The Balaban J connectivity index is 2.84. The standard InChI is InChI=1S/C10H10F2N2/c1-5(2)6-3-8(11)9(12)10-7(6)4-13-14-10/h3-5H,1-2H3,(H,13,14). The van der Waals surface area contributed by atoms with E-state index in [1.54, 1.807) is 0 Å². The molecule has 2 aromatic rings. The van der Waals surface area contributed by atoms with Crippen molar-refractivity contribution >= 4 is 10.9 Å². The highest BCUT2D eigenvalue weighted by Crippen LogP contribution is 2.27. The fraction of sp³-hybridized carbons (Fsp3) is 0.300. The second kappa shape index (κ2) is 3.04. The van der Waals surface area contributed by atoms with Crippen LogP contribution in [-0.4, -0.2) is 10.2 Å². The summed E-state index contributed by atoms with van der Waals surface area (Å²) < 4.78 is 26.4. The Morgan fingerprint density at radius 3 is 2.71 bits per heavy atom. The van der Waals surface area contributed by atoms with Gasteiger partial charge in [-0.3, -0.25) is 5.10 Å². The Kier molecular flexibility index (Phi) is 1.98. The number of hydrogen-bond donors (Lipinski definition) is 1. The minimum atomic E-state index is -0.859. The van der Waals surface area contributed by atoms with Gasteiger partial charge in [0.25, 0.3) is 0 Å². The monoisotopic (exact) mass is 196 g/mol. The number of rotatable bonds is 1. The number of nitrogens with one attached hydrogen (secondary N) is 1. The number of nitrogens with zero attached hydrogens (tertiary/aromatic N) is 1. The zero-order chi connectivity index (χ0) is 10.3. The highest BCUT2D eigenvalue weighted by molar-refractivity contribution is 5.82. The average Bonchev–Trinajstić information content (AvgIpc) is 2.59. The van der Waals surface area contributed by atoms with Crippen molar-refractivity contribution in [3.63, 3.8) is 0 Å². The van der Waals surface area contributed by atoms with E-state index in [0.717, 1.165) is 5.56 Å². The maximum atomic E-state index is 13.2. The summed E-state index contributed by atoms with van der Waals surface area (Å²) in [4.78, 5) is 0. The van der Waals surface area contributed by atoms with Crippen molar-refractivity contribution in [3.05, 3.63) is 29.5 Å². The number of fused-ring (bicyclic) bond motifs is 1. The second-order valence-corrected chi connectivity index (χ2v) is 3.57. The molecule has 0 saturated heterocycles. The number of hydrogen-bond acceptors (Lipinski definition) is 1. The molecule has 0 aliphatic rings. The fourth-order valence-corrected chi connectivity index (χ4v) is 1.55. The largest absolute Gasteiger partial charge is 0.275 e. The first-order chi connectivity index (χ1) is 6.61. The third kappa shape index (κ3) is 1.18. The molecule has 1 aromatic heterocycles. The Morgan fingerprint density at radius 1 is 1.36 bits per heavy atom. The van der Waals surface area contributed by atoms with E-state index in [9.17, 15) is 8.78 Å². The van der Waals surface area contributed by atoms with E-state index in [0.29, 0.717) is 5.39 Å². The first-order valence-corrected chi connectivity index (χ1v) is 4.42. The Hall–Kier alpha value is -1.45. The van der Waals surface area contributed by atoms with Gasteiger partial charge in [-0.15, -0.1) is 0 Å². The summed E-state index contributed by atoms with van der Waals surface area (Å²) in [5.41, 5.74) is 0.918. The molecule has 74 valence electrons. The van der Waals surface area contributed by atoms with Crippen LogP contribution in [0.4, 0.5) is 8.78 Å². The summed E-state index contributed by atoms with van der Waals surface area (Å²) in [5, 5.41) is 6.83. The van der Waals surface area contributed by atoms with Gasteiger partial charge in [0.2, 0.25) is 0 Å². The molecule has 0 amide bonds. The summed E-state index contributed by atoms with van der Waals surface area (Å²) in [6, 6.07) is 1.23. The molecule has 4 heteroatoms. The van der Waals surface area contributed by atoms with E-state index in [-0.39, 0.29) is 11.4 Å². The van der Waals surface area contributed by atoms with Crippen LogP contribution in [0.2, 0.25) is 0 Å². The first kappa shape index (κ1) is 9.12. The van der Waals surface area contributed by atoms with Crippen LogP contribution in [0, 0.1) is 11.6 Å². The quantitative estimate of drug-likeness (QED) is 0.746. The highest BCUT2D eigenvalue weighted by atomic mass is 19.2. The van der Waals surface area contributed by atoms with Crippen LogP contribution in [-0.2, 0) is 0 Å². The SMILES string of the molecule is CC(C)c1cc(F)c(F)c2[nH]ncc12. The molecule has 0 fully saturated rings. The van der Waals surface area contributed by atoms with Crippen molar-refractivity contribution < 1.29 is 8.78 Å². The van der Waals surface area contributed by atoms with Gasteiger partial charge in [0.05, 0.1) is 6.20 Å². The van der Waals surface area contributed by atoms with Crippen LogP contribution >= 0.6 is 0 Å². The molecule has 1 N–H and O–H groups in total. The van der Waals surface area contributed by atoms with Gasteiger partial charge in [-0.2, -0.15) is 5.10 Å². The predicted molar refractivity (Wildman–Crippen MR) is 50.1 cm³/mol. The van der Waals surface area contributed by atoms with Crippen LogP contribution in [0.5, 0.6) is 0 Å². The maximum Gasteiger partial charge on any atom is 0.184 e. The number of benzene rings is 1. The number of halogens is 2. The molecule has 1 aromatic carbocycles. The van der Waals surface area contributed by atoms with Crippen molar-refractivity contribution in [2.75, 3.05) is 0 Å². The van der Waals surface area contributed by atoms with E-state index in [4.69, 9.17) is 0 Å². The average molecular weight is 196 g/mol. The van der Waals surface area contributed by atoms with Crippen LogP contribution in [0.3, 0.4) is 0 Å². The topological polar surface area (TPSA) is 28.7 Å². The van der Waals surface area contributed by atoms with Crippen molar-refractivity contribution in [2.45, 2.75) is 19.8 Å². The van der Waals surface area contributed by atoms with E-state index in [2.05, 4.69) is 10.2 Å². The Labute approximate surface area is 79.9 Å². The molecule has 1 heterocycles. The second-order valence-electron chi connectivity index (χ2n) is 3.57. The van der Waals surface area contributed by atoms with Crippen LogP contribution in [0.15, 0.2) is 12.3 Å². The smallest absolute Gasteiger partial charge is 0.184 e. The van der Waals surface area contributed by atoms with Gasteiger partial charge in [0.15, 0.2) is 11.6 Å². The van der Waals surface area contributed by atoms with Gasteiger partial charge in [-0.05, 0) is 17.5 Å². The molecular weight excluding hydrogens is 186 g/mol. The number of aromatic amines is 1. The summed E-state index contributed by atoms with van der Waals surface area (Å²) in [6.07, 6.45) is 1.52. The lowest BCUT2D eigenvalue weighted by molar-refractivity contribution is 0.513. The number of H-pyrrole nitrogens is 1. The van der Waals surface area contributed by atoms with Gasteiger partial charge in [0, 0.05) is 5.39 Å². The maximum absolute atomic E-state index is 13.2. The molecule has 0 saturated carbocycles. The minimum Gasteiger partial charge on any atom is -0.275 e. The van der Waals surface area contributed by atoms with E-state index in [1.165, 1.54) is 12.3 Å².